The molecule has 0 radical (unpaired) electrons. The van der Waals surface area contributed by atoms with E-state index in [1.807, 2.05) is 18.2 Å². The van der Waals surface area contributed by atoms with Crippen molar-refractivity contribution >= 4 is 28.5 Å². The number of hydrogen-bond acceptors (Lipinski definition) is 3. The molecule has 2 aromatic carbocycles. The van der Waals surface area contributed by atoms with E-state index < -0.39 is 5.91 Å². The van der Waals surface area contributed by atoms with Gasteiger partial charge >= 0.3 is 0 Å². The quantitative estimate of drug-likeness (QED) is 0.695. The van der Waals surface area contributed by atoms with Gasteiger partial charge in [0.15, 0.2) is 11.2 Å². The van der Waals surface area contributed by atoms with E-state index in [0.717, 1.165) is 12.1 Å². The lowest BCUT2D eigenvalue weighted by atomic mass is 10.1. The molecule has 1 aliphatic heterocycles. The van der Waals surface area contributed by atoms with Gasteiger partial charge in [0, 0.05) is 36.0 Å². The van der Waals surface area contributed by atoms with E-state index in [9.17, 15) is 9.59 Å². The first-order chi connectivity index (χ1) is 13.6. The van der Waals surface area contributed by atoms with Crippen LogP contribution in [0.4, 0.5) is 0 Å². The minimum absolute atomic E-state index is 0.00229. The molecule has 0 aliphatic carbocycles. The molecule has 0 spiro atoms. The number of fused-ring (bicyclic) bond motifs is 1. The smallest absolute Gasteiger partial charge is 0.287 e. The summed E-state index contributed by atoms with van der Waals surface area (Å²) in [6.45, 7) is 3.77. The van der Waals surface area contributed by atoms with Gasteiger partial charge in [0.2, 0.25) is 0 Å². The number of halogens is 1. The van der Waals surface area contributed by atoms with Crippen molar-refractivity contribution in [3.63, 3.8) is 0 Å². The molecule has 2 N–H and O–H groups in total. The number of likely N-dealkylation sites (tertiary alicyclic amines) is 1. The molecule has 1 saturated heterocycles. The highest BCUT2D eigenvalue weighted by molar-refractivity contribution is 6.31. The number of nitrogens with one attached hydrogen (secondary N) is 2. The van der Waals surface area contributed by atoms with Gasteiger partial charge in [-0.2, -0.15) is 0 Å². The fourth-order valence-electron chi connectivity index (χ4n) is 3.73. The van der Waals surface area contributed by atoms with E-state index >= 15 is 0 Å². The topological polar surface area (TPSA) is 63.8 Å². The second kappa shape index (κ2) is 8.17. The van der Waals surface area contributed by atoms with Gasteiger partial charge in [-0.25, -0.2) is 0 Å². The largest absolute Gasteiger partial charge is 0.451 e. The van der Waals surface area contributed by atoms with Crippen LogP contribution >= 0.6 is 11.6 Å². The molecule has 0 unspecified atom stereocenters. The molecule has 1 aliphatic rings. The fourth-order valence-corrected chi connectivity index (χ4v) is 3.90. The Morgan fingerprint density at radius 1 is 1.07 bits per heavy atom. The van der Waals surface area contributed by atoms with Gasteiger partial charge in [0.25, 0.3) is 5.91 Å². The third-order valence-electron chi connectivity index (χ3n) is 5.22. The summed E-state index contributed by atoms with van der Waals surface area (Å²) in [5, 5.41) is 3.69. The van der Waals surface area contributed by atoms with Crippen molar-refractivity contribution in [1.29, 1.82) is 0 Å². The number of quaternary nitrogens is 1. The first-order valence-electron chi connectivity index (χ1n) is 9.52. The predicted molar refractivity (Wildman–Crippen MR) is 109 cm³/mol. The zero-order valence-electron chi connectivity index (χ0n) is 15.5. The average Bonchev–Trinajstić information content (AvgIpc) is 3.20. The molecule has 3 aromatic rings. The molecule has 1 amide bonds. The molecule has 1 fully saturated rings. The Balaban J connectivity index is 1.50. The maximum absolute atomic E-state index is 12.6. The second-order valence-electron chi connectivity index (χ2n) is 7.20. The molecule has 144 valence electrons. The number of benzene rings is 2. The van der Waals surface area contributed by atoms with Crippen LogP contribution in [0.5, 0.6) is 0 Å². The molecule has 0 bridgehead atoms. The summed E-state index contributed by atoms with van der Waals surface area (Å²) in [6, 6.07) is 14.1. The Morgan fingerprint density at radius 2 is 1.82 bits per heavy atom. The van der Waals surface area contributed by atoms with Crippen molar-refractivity contribution in [2.45, 2.75) is 25.9 Å². The van der Waals surface area contributed by atoms with Crippen LogP contribution in [0.25, 0.3) is 11.0 Å². The molecular weight excluding hydrogens is 376 g/mol. The monoisotopic (exact) mass is 397 g/mol. The molecule has 0 saturated carbocycles. The summed E-state index contributed by atoms with van der Waals surface area (Å²) < 4.78 is 5.61. The molecule has 0 atom stereocenters. The Hall–Kier alpha value is -2.63. The van der Waals surface area contributed by atoms with Crippen LogP contribution in [-0.4, -0.2) is 19.0 Å². The summed E-state index contributed by atoms with van der Waals surface area (Å²) in [6.07, 6.45) is 2.56. The average molecular weight is 398 g/mol. The van der Waals surface area contributed by atoms with E-state index in [4.69, 9.17) is 16.0 Å². The normalized spacial score (nSPS) is 14.5. The van der Waals surface area contributed by atoms with Crippen molar-refractivity contribution in [2.75, 3.05) is 13.1 Å². The van der Waals surface area contributed by atoms with Gasteiger partial charge in [0.1, 0.15) is 12.1 Å². The molecule has 28 heavy (non-hydrogen) atoms. The second-order valence-corrected chi connectivity index (χ2v) is 7.64. The first-order valence-corrected chi connectivity index (χ1v) is 9.90. The van der Waals surface area contributed by atoms with Gasteiger partial charge in [-0.15, -0.1) is 0 Å². The third kappa shape index (κ3) is 4.11. The minimum Gasteiger partial charge on any atom is -0.451 e. The summed E-state index contributed by atoms with van der Waals surface area (Å²) in [5.41, 5.74) is 2.39. The predicted octanol–water partition coefficient (Wildman–Crippen LogP) is 2.56. The highest BCUT2D eigenvalue weighted by Gasteiger charge is 2.18. The lowest BCUT2D eigenvalue weighted by Gasteiger charge is -2.15. The van der Waals surface area contributed by atoms with Crippen LogP contribution < -0.4 is 15.6 Å². The first kappa shape index (κ1) is 18.7. The number of carbonyl (C=O) groups excluding carboxylic acids is 1. The summed E-state index contributed by atoms with van der Waals surface area (Å²) in [5.74, 6) is -0.403. The van der Waals surface area contributed by atoms with Crippen molar-refractivity contribution < 1.29 is 14.1 Å². The maximum Gasteiger partial charge on any atom is 0.287 e. The molecular formula is C22H22ClN2O3+. The molecule has 5 nitrogen and oxygen atoms in total. The Labute approximate surface area is 167 Å². The van der Waals surface area contributed by atoms with Crippen LogP contribution in [0.2, 0.25) is 5.02 Å². The summed E-state index contributed by atoms with van der Waals surface area (Å²) >= 11 is 5.92. The minimum atomic E-state index is -0.405. The van der Waals surface area contributed by atoms with E-state index in [2.05, 4.69) is 11.4 Å². The Kier molecular flexibility index (Phi) is 5.46. The Morgan fingerprint density at radius 3 is 2.61 bits per heavy atom. The van der Waals surface area contributed by atoms with E-state index in [1.54, 1.807) is 23.1 Å². The zero-order chi connectivity index (χ0) is 19.5. The van der Waals surface area contributed by atoms with Crippen LogP contribution in [-0.2, 0) is 13.1 Å². The lowest BCUT2D eigenvalue weighted by molar-refractivity contribution is -0.901. The van der Waals surface area contributed by atoms with E-state index in [-0.39, 0.29) is 11.2 Å². The summed E-state index contributed by atoms with van der Waals surface area (Å²) in [7, 11) is 0. The van der Waals surface area contributed by atoms with Gasteiger partial charge in [-0.05, 0) is 23.8 Å². The van der Waals surface area contributed by atoms with E-state index in [0.29, 0.717) is 22.5 Å². The van der Waals surface area contributed by atoms with Crippen LogP contribution in [0.3, 0.4) is 0 Å². The third-order valence-corrected chi connectivity index (χ3v) is 5.46. The number of hydrogen-bond donors (Lipinski definition) is 2. The summed E-state index contributed by atoms with van der Waals surface area (Å²) in [4.78, 5) is 26.4. The zero-order valence-corrected chi connectivity index (χ0v) is 16.2. The van der Waals surface area contributed by atoms with Crippen molar-refractivity contribution in [3.8, 4) is 0 Å². The lowest BCUT2D eigenvalue weighted by Crippen LogP contribution is -3.08. The fraction of sp³-hybridized carbons (Fsp3) is 0.273. The van der Waals surface area contributed by atoms with Crippen molar-refractivity contribution in [2.24, 2.45) is 0 Å². The number of amides is 1. The molecule has 4 rings (SSSR count). The molecule has 6 heteroatoms. The van der Waals surface area contributed by atoms with Gasteiger partial charge in [-0.3, -0.25) is 9.59 Å². The molecule has 2 heterocycles. The van der Waals surface area contributed by atoms with Crippen molar-refractivity contribution in [1.82, 2.24) is 5.32 Å². The highest BCUT2D eigenvalue weighted by Crippen LogP contribution is 2.18. The SMILES string of the molecule is O=C(NCc1ccccc1C[NH+]1CCCC1)c1cc(=O)c2cc(Cl)ccc2o1. The van der Waals surface area contributed by atoms with E-state index in [1.165, 1.54) is 37.6 Å². The molecule has 1 aromatic heterocycles. The number of carbonyl (C=O) groups is 1. The number of rotatable bonds is 5. The standard InChI is InChI=1S/C22H21ClN2O3/c23-17-7-8-20-18(11-17)19(26)12-21(28-20)22(27)24-13-15-5-1-2-6-16(15)14-25-9-3-4-10-25/h1-2,5-8,11-12H,3-4,9-10,13-14H2,(H,24,27)/p+1. The van der Waals surface area contributed by atoms with Gasteiger partial charge in [-0.1, -0.05) is 35.9 Å². The maximum atomic E-state index is 12.6. The van der Waals surface area contributed by atoms with Crippen LogP contribution in [0.15, 0.2) is 57.7 Å². The highest BCUT2D eigenvalue weighted by atomic mass is 35.5. The van der Waals surface area contributed by atoms with Crippen molar-refractivity contribution in [3.05, 3.63) is 80.7 Å². The van der Waals surface area contributed by atoms with Crippen LogP contribution in [0, 0.1) is 0 Å². The van der Waals surface area contributed by atoms with Gasteiger partial charge < -0.3 is 14.6 Å². The van der Waals surface area contributed by atoms with Crippen LogP contribution in [0.1, 0.15) is 34.5 Å². The Bertz CT molecular complexity index is 1070. The van der Waals surface area contributed by atoms with Gasteiger partial charge in [0.05, 0.1) is 18.5 Å².